The van der Waals surface area contributed by atoms with Gasteiger partial charge in [-0.1, -0.05) is 6.07 Å². The standard InChI is InChI=1S/C17H25N5O2.HI/c1-18-17(19-8-4-10-22-11-5-9-21-22)20-13-14-6-7-15(23-2)16(12-14)24-3;/h5-7,9,11-12H,4,8,10,13H2,1-3H3,(H2,18,19,20);1H. The van der Waals surface area contributed by atoms with E-state index < -0.39 is 0 Å². The molecule has 1 heterocycles. The number of benzene rings is 1. The molecule has 1 aromatic heterocycles. The van der Waals surface area contributed by atoms with E-state index in [0.717, 1.165) is 42.5 Å². The first-order chi connectivity index (χ1) is 11.8. The number of rotatable bonds is 8. The molecule has 8 heteroatoms. The third-order valence-corrected chi connectivity index (χ3v) is 3.55. The highest BCUT2D eigenvalue weighted by Crippen LogP contribution is 2.27. The summed E-state index contributed by atoms with van der Waals surface area (Å²) in [5.41, 5.74) is 1.09. The Morgan fingerprint density at radius 3 is 2.64 bits per heavy atom. The second kappa shape index (κ2) is 11.6. The highest BCUT2D eigenvalue weighted by molar-refractivity contribution is 14.0. The van der Waals surface area contributed by atoms with E-state index in [2.05, 4.69) is 20.7 Å². The molecule has 0 aliphatic carbocycles. The molecule has 25 heavy (non-hydrogen) atoms. The van der Waals surface area contributed by atoms with E-state index in [1.54, 1.807) is 27.5 Å². The summed E-state index contributed by atoms with van der Waals surface area (Å²) in [4.78, 5) is 4.23. The van der Waals surface area contributed by atoms with Crippen molar-refractivity contribution in [2.75, 3.05) is 27.8 Å². The fraction of sp³-hybridized carbons (Fsp3) is 0.412. The quantitative estimate of drug-likeness (QED) is 0.274. The van der Waals surface area contributed by atoms with Crippen LogP contribution in [0.2, 0.25) is 0 Å². The second-order valence-electron chi connectivity index (χ2n) is 5.16. The Labute approximate surface area is 165 Å². The third-order valence-electron chi connectivity index (χ3n) is 3.55. The maximum atomic E-state index is 5.32. The van der Waals surface area contributed by atoms with Crippen LogP contribution in [0.25, 0.3) is 0 Å². The van der Waals surface area contributed by atoms with Crippen molar-refractivity contribution < 1.29 is 9.47 Å². The zero-order valence-corrected chi connectivity index (χ0v) is 17.2. The molecule has 0 radical (unpaired) electrons. The number of nitrogens with one attached hydrogen (secondary N) is 2. The van der Waals surface area contributed by atoms with Crippen molar-refractivity contribution in [1.29, 1.82) is 0 Å². The number of aliphatic imine (C=N–C) groups is 1. The van der Waals surface area contributed by atoms with Gasteiger partial charge in [-0.05, 0) is 30.2 Å². The lowest BCUT2D eigenvalue weighted by atomic mass is 10.2. The first-order valence-electron chi connectivity index (χ1n) is 7.89. The van der Waals surface area contributed by atoms with Gasteiger partial charge in [0, 0.05) is 39.1 Å². The number of hydrogen-bond donors (Lipinski definition) is 2. The highest BCUT2D eigenvalue weighted by Gasteiger charge is 2.05. The van der Waals surface area contributed by atoms with Crippen LogP contribution >= 0.6 is 24.0 Å². The maximum Gasteiger partial charge on any atom is 0.191 e. The summed E-state index contributed by atoms with van der Waals surface area (Å²) in [6.07, 6.45) is 4.72. The predicted octanol–water partition coefficient (Wildman–Crippen LogP) is 2.27. The lowest BCUT2D eigenvalue weighted by molar-refractivity contribution is 0.354. The van der Waals surface area contributed by atoms with Crippen molar-refractivity contribution in [3.05, 3.63) is 42.2 Å². The van der Waals surface area contributed by atoms with E-state index in [-0.39, 0.29) is 24.0 Å². The molecule has 0 unspecified atom stereocenters. The lowest BCUT2D eigenvalue weighted by Gasteiger charge is -2.13. The molecule has 0 saturated carbocycles. The molecule has 0 bridgehead atoms. The smallest absolute Gasteiger partial charge is 0.191 e. The van der Waals surface area contributed by atoms with Gasteiger partial charge in [0.25, 0.3) is 0 Å². The number of nitrogens with zero attached hydrogens (tertiary/aromatic N) is 3. The van der Waals surface area contributed by atoms with Gasteiger partial charge in [-0.2, -0.15) is 5.10 Å². The summed E-state index contributed by atoms with van der Waals surface area (Å²) in [6, 6.07) is 7.78. The van der Waals surface area contributed by atoms with Gasteiger partial charge in [0.2, 0.25) is 0 Å². The van der Waals surface area contributed by atoms with Crippen LogP contribution in [-0.4, -0.2) is 43.6 Å². The molecule has 0 aliphatic heterocycles. The summed E-state index contributed by atoms with van der Waals surface area (Å²) < 4.78 is 12.5. The summed E-state index contributed by atoms with van der Waals surface area (Å²) in [5.74, 6) is 2.21. The van der Waals surface area contributed by atoms with Gasteiger partial charge in [-0.3, -0.25) is 9.67 Å². The van der Waals surface area contributed by atoms with E-state index in [1.807, 2.05) is 35.1 Å². The monoisotopic (exact) mass is 459 g/mol. The van der Waals surface area contributed by atoms with Gasteiger partial charge in [-0.15, -0.1) is 24.0 Å². The van der Waals surface area contributed by atoms with Crippen molar-refractivity contribution in [1.82, 2.24) is 20.4 Å². The minimum atomic E-state index is 0. The first-order valence-corrected chi connectivity index (χ1v) is 7.89. The third kappa shape index (κ3) is 6.81. The molecule has 2 aromatic rings. The first kappa shape index (κ1) is 21.1. The van der Waals surface area contributed by atoms with E-state index in [9.17, 15) is 0 Å². The van der Waals surface area contributed by atoms with Crippen LogP contribution in [0.3, 0.4) is 0 Å². The number of hydrogen-bond acceptors (Lipinski definition) is 4. The molecule has 0 fully saturated rings. The Bertz CT molecular complexity index is 646. The highest BCUT2D eigenvalue weighted by atomic mass is 127. The lowest BCUT2D eigenvalue weighted by Crippen LogP contribution is -2.37. The fourth-order valence-electron chi connectivity index (χ4n) is 2.28. The van der Waals surface area contributed by atoms with Crippen molar-refractivity contribution in [3.8, 4) is 11.5 Å². The van der Waals surface area contributed by atoms with Gasteiger partial charge in [0.05, 0.1) is 14.2 Å². The van der Waals surface area contributed by atoms with Crippen LogP contribution in [0.5, 0.6) is 11.5 Å². The Morgan fingerprint density at radius 2 is 2.00 bits per heavy atom. The predicted molar refractivity (Wildman–Crippen MR) is 110 cm³/mol. The molecule has 138 valence electrons. The number of ether oxygens (including phenoxy) is 2. The molecule has 0 spiro atoms. The number of aromatic nitrogens is 2. The molecule has 7 nitrogen and oxygen atoms in total. The molecule has 1 aromatic carbocycles. The molecule has 0 aliphatic rings. The Morgan fingerprint density at radius 1 is 1.20 bits per heavy atom. The van der Waals surface area contributed by atoms with Crippen LogP contribution in [0.1, 0.15) is 12.0 Å². The second-order valence-corrected chi connectivity index (χ2v) is 5.16. The molecule has 0 atom stereocenters. The summed E-state index contributed by atoms with van der Waals surface area (Å²) in [6.45, 7) is 2.36. The zero-order valence-electron chi connectivity index (χ0n) is 14.9. The zero-order chi connectivity index (χ0) is 17.2. The van der Waals surface area contributed by atoms with Crippen LogP contribution < -0.4 is 20.1 Å². The van der Waals surface area contributed by atoms with Crippen molar-refractivity contribution in [2.45, 2.75) is 19.5 Å². The minimum absolute atomic E-state index is 0. The minimum Gasteiger partial charge on any atom is -0.493 e. The Hall–Kier alpha value is -1.97. The van der Waals surface area contributed by atoms with E-state index in [0.29, 0.717) is 6.54 Å². The van der Waals surface area contributed by atoms with E-state index in [4.69, 9.17) is 9.47 Å². The van der Waals surface area contributed by atoms with Crippen molar-refractivity contribution in [2.24, 2.45) is 4.99 Å². The van der Waals surface area contributed by atoms with Gasteiger partial charge >= 0.3 is 0 Å². The summed E-state index contributed by atoms with van der Waals surface area (Å²) in [7, 11) is 5.03. The van der Waals surface area contributed by atoms with Gasteiger partial charge in [0.15, 0.2) is 17.5 Å². The number of methoxy groups -OCH3 is 2. The average molecular weight is 459 g/mol. The van der Waals surface area contributed by atoms with Crippen molar-refractivity contribution in [3.63, 3.8) is 0 Å². The average Bonchev–Trinajstić information content (AvgIpc) is 3.14. The molecule has 2 rings (SSSR count). The Kier molecular flexibility index (Phi) is 9.75. The van der Waals surface area contributed by atoms with Crippen LogP contribution in [0, 0.1) is 0 Å². The molecule has 2 N–H and O–H groups in total. The van der Waals surface area contributed by atoms with E-state index in [1.165, 1.54) is 0 Å². The maximum absolute atomic E-state index is 5.32. The largest absolute Gasteiger partial charge is 0.493 e. The number of halogens is 1. The Balaban J connectivity index is 0.00000312. The molecular formula is C17H26IN5O2. The normalized spacial score (nSPS) is 10.8. The SMILES string of the molecule is CN=C(NCCCn1cccn1)NCc1ccc(OC)c(OC)c1.I. The van der Waals surface area contributed by atoms with Crippen LogP contribution in [0.15, 0.2) is 41.7 Å². The van der Waals surface area contributed by atoms with E-state index >= 15 is 0 Å². The molecular weight excluding hydrogens is 433 g/mol. The summed E-state index contributed by atoms with van der Waals surface area (Å²) in [5, 5.41) is 10.8. The molecule has 0 amide bonds. The summed E-state index contributed by atoms with van der Waals surface area (Å²) >= 11 is 0. The topological polar surface area (TPSA) is 72.7 Å². The van der Waals surface area contributed by atoms with Gasteiger partial charge < -0.3 is 20.1 Å². The fourth-order valence-corrected chi connectivity index (χ4v) is 2.28. The van der Waals surface area contributed by atoms with Crippen LogP contribution in [-0.2, 0) is 13.1 Å². The number of guanidine groups is 1. The van der Waals surface area contributed by atoms with Crippen molar-refractivity contribution >= 4 is 29.9 Å². The van der Waals surface area contributed by atoms with Gasteiger partial charge in [0.1, 0.15) is 0 Å². The molecule has 0 saturated heterocycles. The van der Waals surface area contributed by atoms with Crippen LogP contribution in [0.4, 0.5) is 0 Å². The van der Waals surface area contributed by atoms with Gasteiger partial charge in [-0.25, -0.2) is 0 Å². The number of aryl methyl sites for hydroxylation is 1.